The average Bonchev–Trinajstić information content (AvgIpc) is 2.12. The lowest BCUT2D eigenvalue weighted by Gasteiger charge is -1.90. The molecule has 0 aliphatic carbocycles. The van der Waals surface area contributed by atoms with E-state index in [9.17, 15) is 0 Å². The van der Waals surface area contributed by atoms with Crippen molar-refractivity contribution in [2.45, 2.75) is 11.6 Å². The summed E-state index contributed by atoms with van der Waals surface area (Å²) in [5.41, 5.74) is 0. The smallest absolute Gasteiger partial charge is 0.326 e. The molecule has 1 aromatic heterocycles. The second kappa shape index (κ2) is 2.39. The molecule has 1 nitrogen and oxygen atoms in total. The quantitative estimate of drug-likeness (QED) is 0.536. The van der Waals surface area contributed by atoms with E-state index in [0.29, 0.717) is 0 Å². The Morgan fingerprint density at radius 2 is 2.25 bits per heavy atom. The van der Waals surface area contributed by atoms with Crippen molar-refractivity contribution in [3.8, 4) is 0 Å². The second-order valence-electron chi connectivity index (χ2n) is 2.28. The first-order chi connectivity index (χ1) is 3.80. The van der Waals surface area contributed by atoms with Crippen LogP contribution in [0.3, 0.4) is 0 Å². The normalized spacial score (nSPS) is 9.25. The van der Waals surface area contributed by atoms with E-state index in [2.05, 4.69) is 28.7 Å². The summed E-state index contributed by atoms with van der Waals surface area (Å²) in [7, 11) is 0. The van der Waals surface area contributed by atoms with Gasteiger partial charge in [-0.1, -0.05) is 10.6 Å². The van der Waals surface area contributed by atoms with Crippen molar-refractivity contribution in [3.63, 3.8) is 0 Å². The van der Waals surface area contributed by atoms with Gasteiger partial charge >= 0.3 is 14.1 Å². The van der Waals surface area contributed by atoms with Gasteiger partial charge < -0.3 is 4.98 Å². The first-order valence-electron chi connectivity index (χ1n) is 2.94. The molecule has 0 spiro atoms. The molecule has 0 unspecified atom stereocenters. The standard InChI is InChI=1S/C4H4N.2CH3.Al/c1-2-4-5-3-1;;;/h1-3,5H;2*1H3;. The highest BCUT2D eigenvalue weighted by Crippen LogP contribution is 1.81. The van der Waals surface area contributed by atoms with Gasteiger partial charge in [0.1, 0.15) is 0 Å². The Hall–Kier alpha value is -0.188. The van der Waals surface area contributed by atoms with E-state index in [0.717, 1.165) is 0 Å². The number of nitrogens with one attached hydrogen (secondary N) is 1. The molecule has 1 N–H and O–H groups in total. The molecule has 42 valence electrons. The van der Waals surface area contributed by atoms with Gasteiger partial charge in [0.15, 0.2) is 0 Å². The summed E-state index contributed by atoms with van der Waals surface area (Å²) in [6, 6.07) is 4.22. The molecule has 0 aliphatic rings. The van der Waals surface area contributed by atoms with Crippen molar-refractivity contribution < 1.29 is 0 Å². The van der Waals surface area contributed by atoms with E-state index in [1.165, 1.54) is 4.56 Å². The fourth-order valence-electron chi connectivity index (χ4n) is 0.703. The summed E-state index contributed by atoms with van der Waals surface area (Å²) in [4.78, 5) is 3.20. The highest BCUT2D eigenvalue weighted by molar-refractivity contribution is 6.69. The third kappa shape index (κ3) is 1.15. The van der Waals surface area contributed by atoms with Gasteiger partial charge in [-0.2, -0.15) is 0 Å². The number of aromatic nitrogens is 1. The SMILES string of the molecule is [CH3][Al]([CH3])[c]1ccc[nH]1. The molecular formula is C6H10AlN. The highest BCUT2D eigenvalue weighted by Gasteiger charge is 2.03. The topological polar surface area (TPSA) is 15.8 Å². The van der Waals surface area contributed by atoms with Crippen LogP contribution in [0.2, 0.25) is 11.6 Å². The van der Waals surface area contributed by atoms with Gasteiger partial charge in [0.2, 0.25) is 0 Å². The molecule has 0 atom stereocenters. The van der Waals surface area contributed by atoms with E-state index in [4.69, 9.17) is 0 Å². The molecule has 0 aliphatic heterocycles. The van der Waals surface area contributed by atoms with Gasteiger partial charge in [0, 0.05) is 0 Å². The minimum atomic E-state index is -0.535. The minimum Gasteiger partial charge on any atom is -0.381 e. The first-order valence-corrected chi connectivity index (χ1v) is 5.82. The summed E-state index contributed by atoms with van der Waals surface area (Å²) in [6.45, 7) is 0. The molecule has 8 heavy (non-hydrogen) atoms. The first kappa shape index (κ1) is 5.94. The van der Waals surface area contributed by atoms with Crippen molar-refractivity contribution in [1.82, 2.24) is 4.98 Å². The summed E-state index contributed by atoms with van der Waals surface area (Å²) in [5.74, 6) is 4.62. The van der Waals surface area contributed by atoms with Crippen molar-refractivity contribution in [2.24, 2.45) is 0 Å². The number of rotatable bonds is 1. The number of hydrogen-bond donors (Lipinski definition) is 1. The van der Waals surface area contributed by atoms with Crippen LogP contribution in [0.1, 0.15) is 0 Å². The van der Waals surface area contributed by atoms with Crippen LogP contribution in [0, 0.1) is 0 Å². The van der Waals surface area contributed by atoms with Crippen molar-refractivity contribution in [3.05, 3.63) is 18.3 Å². The lowest BCUT2D eigenvalue weighted by atomic mass is 10.7. The molecule has 0 aromatic carbocycles. The Balaban J connectivity index is 2.77. The Kier molecular flexibility index (Phi) is 1.78. The van der Waals surface area contributed by atoms with E-state index < -0.39 is 14.1 Å². The van der Waals surface area contributed by atoms with Crippen LogP contribution in [-0.4, -0.2) is 19.1 Å². The zero-order valence-electron chi connectivity index (χ0n) is 5.31. The number of hydrogen-bond acceptors (Lipinski definition) is 0. The summed E-state index contributed by atoms with van der Waals surface area (Å²) >= 11 is -0.535. The van der Waals surface area contributed by atoms with Crippen molar-refractivity contribution >= 4 is 18.7 Å². The second-order valence-corrected chi connectivity index (χ2v) is 5.21. The Morgan fingerprint density at radius 1 is 1.50 bits per heavy atom. The van der Waals surface area contributed by atoms with E-state index in [1.807, 2.05) is 6.20 Å². The van der Waals surface area contributed by atoms with Crippen LogP contribution in [0.4, 0.5) is 0 Å². The summed E-state index contributed by atoms with van der Waals surface area (Å²) < 4.78 is 1.45. The lowest BCUT2D eigenvalue weighted by Crippen LogP contribution is -2.22. The third-order valence-corrected chi connectivity index (χ3v) is 2.85. The van der Waals surface area contributed by atoms with Gasteiger partial charge in [-0.15, -0.1) is 11.6 Å². The predicted molar refractivity (Wildman–Crippen MR) is 37.9 cm³/mol. The maximum absolute atomic E-state index is 3.20. The van der Waals surface area contributed by atoms with Gasteiger partial charge in [0.05, 0.1) is 0 Å². The molecular weight excluding hydrogens is 113 g/mol. The van der Waals surface area contributed by atoms with E-state index in [1.54, 1.807) is 0 Å². The maximum Gasteiger partial charge on any atom is 0.326 e. The van der Waals surface area contributed by atoms with Crippen LogP contribution in [0.25, 0.3) is 0 Å². The molecule has 1 heterocycles. The molecule has 1 aromatic rings. The molecule has 0 fully saturated rings. The highest BCUT2D eigenvalue weighted by atomic mass is 27.2. The molecule has 0 saturated heterocycles. The van der Waals surface area contributed by atoms with Crippen molar-refractivity contribution in [2.75, 3.05) is 0 Å². The minimum absolute atomic E-state index is 0.535. The van der Waals surface area contributed by atoms with Gasteiger partial charge in [-0.05, 0) is 12.3 Å². The number of aromatic amines is 1. The third-order valence-electron chi connectivity index (χ3n) is 1.24. The molecule has 0 bridgehead atoms. The zero-order valence-corrected chi connectivity index (χ0v) is 6.46. The largest absolute Gasteiger partial charge is 0.381 e. The van der Waals surface area contributed by atoms with E-state index in [-0.39, 0.29) is 0 Å². The van der Waals surface area contributed by atoms with Gasteiger partial charge in [-0.25, -0.2) is 0 Å². The monoisotopic (exact) mass is 123 g/mol. The number of H-pyrrole nitrogens is 1. The Labute approximate surface area is 54.1 Å². The molecule has 0 amide bonds. The van der Waals surface area contributed by atoms with Crippen molar-refractivity contribution in [1.29, 1.82) is 0 Å². The molecule has 2 heteroatoms. The lowest BCUT2D eigenvalue weighted by molar-refractivity contribution is 1.46. The zero-order chi connectivity index (χ0) is 5.98. The van der Waals surface area contributed by atoms with Crippen LogP contribution >= 0.6 is 0 Å². The summed E-state index contributed by atoms with van der Waals surface area (Å²) in [5, 5.41) is 0. The van der Waals surface area contributed by atoms with Gasteiger partial charge in [-0.3, -0.25) is 0 Å². The van der Waals surface area contributed by atoms with Crippen LogP contribution in [-0.2, 0) is 0 Å². The fourth-order valence-corrected chi connectivity index (χ4v) is 1.63. The average molecular weight is 123 g/mol. The van der Waals surface area contributed by atoms with Gasteiger partial charge in [0.25, 0.3) is 0 Å². The molecule has 0 radical (unpaired) electrons. The Morgan fingerprint density at radius 3 is 2.50 bits per heavy atom. The van der Waals surface area contributed by atoms with Crippen LogP contribution in [0.5, 0.6) is 0 Å². The summed E-state index contributed by atoms with van der Waals surface area (Å²) in [6.07, 6.45) is 1.99. The maximum atomic E-state index is 3.20. The predicted octanol–water partition coefficient (Wildman–Crippen LogP) is 0.976. The van der Waals surface area contributed by atoms with E-state index >= 15 is 0 Å². The molecule has 0 saturated carbocycles. The molecule has 1 rings (SSSR count). The fraction of sp³-hybridized carbons (Fsp3) is 0.333. The van der Waals surface area contributed by atoms with Crippen LogP contribution < -0.4 is 4.56 Å². The Bertz CT molecular complexity index is 144. The van der Waals surface area contributed by atoms with Crippen LogP contribution in [0.15, 0.2) is 18.3 Å².